The van der Waals surface area contributed by atoms with Crippen LogP contribution in [0.3, 0.4) is 0 Å². The van der Waals surface area contributed by atoms with Gasteiger partial charge in [0.15, 0.2) is 0 Å². The summed E-state index contributed by atoms with van der Waals surface area (Å²) in [6, 6.07) is 6.54. The van der Waals surface area contributed by atoms with Gasteiger partial charge in [0.25, 0.3) is 0 Å². The number of phenols is 1. The Morgan fingerprint density at radius 3 is 2.20 bits per heavy atom. The second kappa shape index (κ2) is 3.39. The zero-order valence-corrected chi connectivity index (χ0v) is 9.55. The second-order valence-electron chi connectivity index (χ2n) is 3.96. The SMILES string of the molecule is O=S(=O)(Cl)C1(Cc2ccc(O)cc2)CC1. The summed E-state index contributed by atoms with van der Waals surface area (Å²) in [6.07, 6.45) is 1.68. The summed E-state index contributed by atoms with van der Waals surface area (Å²) in [5.74, 6) is 0.178. The van der Waals surface area contributed by atoms with Crippen LogP contribution in [0.2, 0.25) is 0 Å². The van der Waals surface area contributed by atoms with Crippen molar-refractivity contribution in [2.45, 2.75) is 24.0 Å². The van der Waals surface area contributed by atoms with Crippen molar-refractivity contribution in [3.63, 3.8) is 0 Å². The molecule has 1 aromatic carbocycles. The van der Waals surface area contributed by atoms with E-state index in [0.717, 1.165) is 5.56 Å². The van der Waals surface area contributed by atoms with Crippen molar-refractivity contribution in [1.29, 1.82) is 0 Å². The number of halogens is 1. The molecule has 0 amide bonds. The fourth-order valence-corrected chi connectivity index (χ4v) is 3.19. The van der Waals surface area contributed by atoms with Crippen LogP contribution in [0.5, 0.6) is 5.75 Å². The van der Waals surface area contributed by atoms with Gasteiger partial charge in [-0.05, 0) is 37.0 Å². The van der Waals surface area contributed by atoms with Gasteiger partial charge in [0.1, 0.15) is 5.75 Å². The van der Waals surface area contributed by atoms with Gasteiger partial charge in [-0.2, -0.15) is 0 Å². The second-order valence-corrected chi connectivity index (χ2v) is 6.92. The van der Waals surface area contributed by atoms with E-state index in [1.165, 1.54) is 0 Å². The van der Waals surface area contributed by atoms with Crippen LogP contribution in [0.1, 0.15) is 18.4 Å². The van der Waals surface area contributed by atoms with E-state index in [9.17, 15) is 8.42 Å². The van der Waals surface area contributed by atoms with Crippen molar-refractivity contribution in [3.05, 3.63) is 29.8 Å². The molecule has 0 aromatic heterocycles. The molecule has 3 nitrogen and oxygen atoms in total. The lowest BCUT2D eigenvalue weighted by Gasteiger charge is -2.10. The third kappa shape index (κ3) is 2.11. The van der Waals surface area contributed by atoms with E-state index < -0.39 is 13.8 Å². The number of aromatic hydroxyl groups is 1. The van der Waals surface area contributed by atoms with Gasteiger partial charge in [-0.25, -0.2) is 8.42 Å². The first-order chi connectivity index (χ1) is 6.93. The Hall–Kier alpha value is -0.740. The van der Waals surface area contributed by atoms with Crippen LogP contribution < -0.4 is 0 Å². The first-order valence-corrected chi connectivity index (χ1v) is 6.96. The molecule has 1 aliphatic rings. The van der Waals surface area contributed by atoms with Gasteiger partial charge >= 0.3 is 0 Å². The fourth-order valence-electron chi connectivity index (χ4n) is 1.63. The number of hydrogen-bond donors (Lipinski definition) is 1. The van der Waals surface area contributed by atoms with Gasteiger partial charge in [0.05, 0.1) is 4.75 Å². The number of rotatable bonds is 3. The maximum absolute atomic E-state index is 11.3. The topological polar surface area (TPSA) is 54.4 Å². The minimum absolute atomic E-state index is 0.178. The molecule has 15 heavy (non-hydrogen) atoms. The molecule has 0 aliphatic heterocycles. The summed E-state index contributed by atoms with van der Waals surface area (Å²) in [5.41, 5.74) is 0.884. The number of benzene rings is 1. The third-order valence-electron chi connectivity index (χ3n) is 2.79. The summed E-state index contributed by atoms with van der Waals surface area (Å²) in [4.78, 5) is 0. The van der Waals surface area contributed by atoms with Crippen LogP contribution in [0.15, 0.2) is 24.3 Å². The van der Waals surface area contributed by atoms with Gasteiger partial charge < -0.3 is 5.11 Å². The van der Waals surface area contributed by atoms with E-state index in [-0.39, 0.29) is 5.75 Å². The van der Waals surface area contributed by atoms with Crippen molar-refractivity contribution in [2.24, 2.45) is 0 Å². The monoisotopic (exact) mass is 246 g/mol. The van der Waals surface area contributed by atoms with Crippen LogP contribution >= 0.6 is 10.7 Å². The summed E-state index contributed by atoms with van der Waals surface area (Å²) in [6.45, 7) is 0. The lowest BCUT2D eigenvalue weighted by Crippen LogP contribution is -2.20. The molecule has 0 heterocycles. The van der Waals surface area contributed by atoms with Crippen molar-refractivity contribution in [1.82, 2.24) is 0 Å². The highest BCUT2D eigenvalue weighted by Crippen LogP contribution is 2.48. The Kier molecular flexibility index (Phi) is 2.43. The number of hydrogen-bond acceptors (Lipinski definition) is 3. The molecule has 0 unspecified atom stereocenters. The van der Waals surface area contributed by atoms with E-state index >= 15 is 0 Å². The van der Waals surface area contributed by atoms with Crippen molar-refractivity contribution >= 4 is 19.7 Å². The molecule has 2 rings (SSSR count). The smallest absolute Gasteiger partial charge is 0.238 e. The standard InChI is InChI=1S/C10H11ClO3S/c11-15(13,14)10(5-6-10)7-8-1-3-9(12)4-2-8/h1-4,12H,5-7H2. The van der Waals surface area contributed by atoms with Crippen LogP contribution in [-0.2, 0) is 15.5 Å². The molecular formula is C10H11ClO3S. The highest BCUT2D eigenvalue weighted by atomic mass is 35.7. The van der Waals surface area contributed by atoms with E-state index in [1.807, 2.05) is 0 Å². The summed E-state index contributed by atoms with van der Waals surface area (Å²) in [7, 11) is 1.90. The Morgan fingerprint density at radius 2 is 1.80 bits per heavy atom. The fraction of sp³-hybridized carbons (Fsp3) is 0.400. The summed E-state index contributed by atoms with van der Waals surface area (Å²) < 4.78 is 21.8. The lowest BCUT2D eigenvalue weighted by molar-refractivity contribution is 0.475. The minimum Gasteiger partial charge on any atom is -0.508 e. The Labute approximate surface area is 93.1 Å². The molecule has 0 atom stereocenters. The molecular weight excluding hydrogens is 236 g/mol. The van der Waals surface area contributed by atoms with E-state index in [4.69, 9.17) is 15.8 Å². The Morgan fingerprint density at radius 1 is 1.27 bits per heavy atom. The van der Waals surface area contributed by atoms with E-state index in [2.05, 4.69) is 0 Å². The lowest BCUT2D eigenvalue weighted by atomic mass is 10.1. The highest BCUT2D eigenvalue weighted by molar-refractivity contribution is 8.15. The van der Waals surface area contributed by atoms with Gasteiger partial charge in [-0.1, -0.05) is 12.1 Å². The van der Waals surface area contributed by atoms with Crippen LogP contribution in [0.25, 0.3) is 0 Å². The minimum atomic E-state index is -3.49. The molecule has 5 heteroatoms. The van der Waals surface area contributed by atoms with E-state index in [1.54, 1.807) is 24.3 Å². The Balaban J connectivity index is 2.20. The molecule has 0 saturated heterocycles. The first kappa shape index (κ1) is 10.8. The predicted molar refractivity (Wildman–Crippen MR) is 58.5 cm³/mol. The van der Waals surface area contributed by atoms with Crippen molar-refractivity contribution in [3.8, 4) is 5.75 Å². The molecule has 1 N–H and O–H groups in total. The van der Waals surface area contributed by atoms with Gasteiger partial charge in [-0.15, -0.1) is 0 Å². The van der Waals surface area contributed by atoms with Crippen LogP contribution in [0, 0.1) is 0 Å². The molecule has 1 aromatic rings. The van der Waals surface area contributed by atoms with Crippen molar-refractivity contribution in [2.75, 3.05) is 0 Å². The molecule has 0 radical (unpaired) electrons. The first-order valence-electron chi connectivity index (χ1n) is 4.65. The van der Waals surface area contributed by atoms with Gasteiger partial charge in [0.2, 0.25) is 9.05 Å². The van der Waals surface area contributed by atoms with Gasteiger partial charge in [-0.3, -0.25) is 0 Å². The average molecular weight is 247 g/mol. The quantitative estimate of drug-likeness (QED) is 0.831. The zero-order valence-electron chi connectivity index (χ0n) is 7.98. The van der Waals surface area contributed by atoms with E-state index in [0.29, 0.717) is 19.3 Å². The molecule has 1 saturated carbocycles. The van der Waals surface area contributed by atoms with Crippen molar-refractivity contribution < 1.29 is 13.5 Å². The molecule has 82 valence electrons. The average Bonchev–Trinajstić information content (AvgIpc) is 2.89. The predicted octanol–water partition coefficient (Wildman–Crippen LogP) is 2.04. The largest absolute Gasteiger partial charge is 0.508 e. The Bertz CT molecular complexity index is 460. The number of phenolic OH excluding ortho intramolecular Hbond substituents is 1. The molecule has 1 aliphatic carbocycles. The summed E-state index contributed by atoms with van der Waals surface area (Å²) >= 11 is 0. The maximum Gasteiger partial charge on any atom is 0.238 e. The van der Waals surface area contributed by atoms with Gasteiger partial charge in [0, 0.05) is 10.7 Å². The van der Waals surface area contributed by atoms with Crippen LogP contribution in [0.4, 0.5) is 0 Å². The highest BCUT2D eigenvalue weighted by Gasteiger charge is 2.53. The maximum atomic E-state index is 11.3. The summed E-state index contributed by atoms with van der Waals surface area (Å²) in [5, 5.41) is 9.09. The molecule has 1 fully saturated rings. The third-order valence-corrected chi connectivity index (χ3v) is 5.36. The van der Waals surface area contributed by atoms with Crippen LogP contribution in [-0.4, -0.2) is 18.3 Å². The molecule has 0 spiro atoms. The normalized spacial score (nSPS) is 18.7. The molecule has 0 bridgehead atoms. The zero-order chi connectivity index (χ0) is 11.1.